The molecule has 17 heavy (non-hydrogen) atoms. The van der Waals surface area contributed by atoms with Crippen molar-refractivity contribution in [2.45, 2.75) is 18.9 Å². The first-order chi connectivity index (χ1) is 7.97. The molecule has 0 aliphatic heterocycles. The van der Waals surface area contributed by atoms with Gasteiger partial charge in [0.1, 0.15) is 6.04 Å². The Labute approximate surface area is 98.2 Å². The number of rotatable bonds is 5. The maximum atomic E-state index is 10.3. The maximum Gasteiger partial charge on any atom is 0.320 e. The second-order valence-corrected chi connectivity index (χ2v) is 3.23. The summed E-state index contributed by atoms with van der Waals surface area (Å²) in [4.78, 5) is 26.5. The summed E-state index contributed by atoms with van der Waals surface area (Å²) in [5, 5.41) is 8.42. The molecule has 1 aromatic heterocycles. The minimum Gasteiger partial charge on any atom is -0.480 e. The van der Waals surface area contributed by atoms with Crippen molar-refractivity contribution in [3.8, 4) is 0 Å². The van der Waals surface area contributed by atoms with Gasteiger partial charge in [0.05, 0.1) is 6.33 Å². The van der Waals surface area contributed by atoms with Crippen LogP contribution in [-0.2, 0) is 16.0 Å². The van der Waals surface area contributed by atoms with Crippen LogP contribution in [0.3, 0.4) is 0 Å². The highest BCUT2D eigenvalue weighted by atomic mass is 16.4. The number of carbonyl (C=O) groups excluding carboxylic acids is 1. The molecule has 1 aromatic rings. The number of hydrogen-bond acceptors (Lipinski definition) is 5. The number of aromatic nitrogens is 2. The van der Waals surface area contributed by atoms with Gasteiger partial charge in [-0.15, -0.1) is 0 Å². The number of imidazole rings is 1. The zero-order valence-corrected chi connectivity index (χ0v) is 9.30. The molecule has 1 rings (SSSR count). The van der Waals surface area contributed by atoms with Gasteiger partial charge in [0.2, 0.25) is 5.91 Å². The van der Waals surface area contributed by atoms with E-state index in [0.717, 1.165) is 5.69 Å². The Morgan fingerprint density at radius 1 is 1.53 bits per heavy atom. The Hall–Kier alpha value is -1.93. The summed E-state index contributed by atoms with van der Waals surface area (Å²) in [5.74, 6) is -1.34. The number of primary amides is 1. The van der Waals surface area contributed by atoms with E-state index in [1.54, 1.807) is 6.20 Å². The minimum absolute atomic E-state index is 0.287. The van der Waals surface area contributed by atoms with Crippen molar-refractivity contribution in [2.75, 3.05) is 6.54 Å². The molecule has 0 spiro atoms. The Morgan fingerprint density at radius 2 is 2.18 bits per heavy atom. The standard InChI is InChI=1S/C6H9N3O2.C3H8N2O/c7-5(6(10)11)1-4-2-8-3-9-4;4-2-1-3(5)6/h2-3,5H,1,7H2,(H,8,9)(H,10,11);1-2,4H2,(H2,5,6). The SMILES string of the molecule is NC(Cc1cnc[nH]1)C(=O)O.NCCC(N)=O. The van der Waals surface area contributed by atoms with Crippen molar-refractivity contribution < 1.29 is 14.7 Å². The predicted octanol–water partition coefficient (Wildman–Crippen LogP) is -1.82. The van der Waals surface area contributed by atoms with Gasteiger partial charge in [-0.2, -0.15) is 0 Å². The number of aromatic amines is 1. The first-order valence-electron chi connectivity index (χ1n) is 4.91. The molecule has 8 N–H and O–H groups in total. The van der Waals surface area contributed by atoms with Crippen LogP contribution >= 0.6 is 0 Å². The fourth-order valence-corrected chi connectivity index (χ4v) is 0.863. The number of hydrogen-bond donors (Lipinski definition) is 5. The summed E-state index contributed by atoms with van der Waals surface area (Å²) in [6, 6.07) is -0.851. The lowest BCUT2D eigenvalue weighted by Gasteiger charge is -2.02. The Kier molecular flexibility index (Phi) is 7.31. The van der Waals surface area contributed by atoms with Gasteiger partial charge in [-0.05, 0) is 0 Å². The van der Waals surface area contributed by atoms with Crippen LogP contribution in [0.1, 0.15) is 12.1 Å². The van der Waals surface area contributed by atoms with Crippen LogP contribution in [0, 0.1) is 0 Å². The molecule has 1 heterocycles. The summed E-state index contributed by atoms with van der Waals surface area (Å²) < 4.78 is 0. The van der Waals surface area contributed by atoms with Gasteiger partial charge in [0.25, 0.3) is 0 Å². The van der Waals surface area contributed by atoms with Crippen molar-refractivity contribution in [1.82, 2.24) is 9.97 Å². The number of nitrogens with zero attached hydrogens (tertiary/aromatic N) is 1. The average molecular weight is 243 g/mol. The third-order valence-electron chi connectivity index (χ3n) is 1.70. The molecule has 8 heteroatoms. The minimum atomic E-state index is -1.00. The summed E-state index contributed by atoms with van der Waals surface area (Å²) in [6.45, 7) is 0.356. The van der Waals surface area contributed by atoms with Crippen molar-refractivity contribution in [1.29, 1.82) is 0 Å². The van der Waals surface area contributed by atoms with Gasteiger partial charge in [0, 0.05) is 31.3 Å². The predicted molar refractivity (Wildman–Crippen MR) is 60.8 cm³/mol. The molecule has 0 aromatic carbocycles. The Bertz CT molecular complexity index is 338. The van der Waals surface area contributed by atoms with E-state index in [4.69, 9.17) is 16.6 Å². The molecule has 1 amide bonds. The summed E-state index contributed by atoms with van der Waals surface area (Å²) in [7, 11) is 0. The first-order valence-corrected chi connectivity index (χ1v) is 4.91. The highest BCUT2D eigenvalue weighted by molar-refractivity contribution is 5.73. The number of H-pyrrole nitrogens is 1. The topological polar surface area (TPSA) is 161 Å². The molecule has 0 bridgehead atoms. The number of nitrogens with one attached hydrogen (secondary N) is 1. The Morgan fingerprint density at radius 3 is 2.47 bits per heavy atom. The highest BCUT2D eigenvalue weighted by Gasteiger charge is 2.11. The van der Waals surface area contributed by atoms with Crippen LogP contribution in [0.5, 0.6) is 0 Å². The van der Waals surface area contributed by atoms with Crippen LogP contribution in [0.25, 0.3) is 0 Å². The zero-order chi connectivity index (χ0) is 13.3. The number of carbonyl (C=O) groups is 2. The van der Waals surface area contributed by atoms with Gasteiger partial charge in [-0.1, -0.05) is 0 Å². The molecule has 0 aliphatic rings. The normalized spacial score (nSPS) is 11.2. The second kappa shape index (κ2) is 8.25. The summed E-state index contributed by atoms with van der Waals surface area (Å²) >= 11 is 0. The van der Waals surface area contributed by atoms with E-state index in [-0.39, 0.29) is 12.3 Å². The van der Waals surface area contributed by atoms with Gasteiger partial charge >= 0.3 is 5.97 Å². The van der Waals surface area contributed by atoms with E-state index >= 15 is 0 Å². The van der Waals surface area contributed by atoms with E-state index in [1.807, 2.05) is 0 Å². The monoisotopic (exact) mass is 243 g/mol. The molecule has 96 valence electrons. The molecular formula is C9H17N5O3. The van der Waals surface area contributed by atoms with Crippen LogP contribution in [0.15, 0.2) is 12.5 Å². The van der Waals surface area contributed by atoms with Gasteiger partial charge in [0.15, 0.2) is 0 Å². The lowest BCUT2D eigenvalue weighted by molar-refractivity contribution is -0.138. The largest absolute Gasteiger partial charge is 0.480 e. The molecule has 0 radical (unpaired) electrons. The third kappa shape index (κ3) is 7.94. The lowest BCUT2D eigenvalue weighted by atomic mass is 10.2. The number of carboxylic acid groups (broad SMARTS) is 1. The fraction of sp³-hybridized carbons (Fsp3) is 0.444. The average Bonchev–Trinajstić information content (AvgIpc) is 2.70. The van der Waals surface area contributed by atoms with Crippen LogP contribution in [-0.4, -0.2) is 39.5 Å². The van der Waals surface area contributed by atoms with Gasteiger partial charge in [-0.3, -0.25) is 9.59 Å². The first kappa shape index (κ1) is 15.1. The summed E-state index contributed by atoms with van der Waals surface area (Å²) in [5.41, 5.74) is 15.6. The van der Waals surface area contributed by atoms with E-state index in [2.05, 4.69) is 15.7 Å². The molecular weight excluding hydrogens is 226 g/mol. The number of amides is 1. The number of aliphatic carboxylic acids is 1. The molecule has 8 nitrogen and oxygen atoms in total. The van der Waals surface area contributed by atoms with Crippen molar-refractivity contribution in [2.24, 2.45) is 17.2 Å². The third-order valence-corrected chi connectivity index (χ3v) is 1.70. The van der Waals surface area contributed by atoms with Gasteiger partial charge < -0.3 is 27.3 Å². The molecule has 0 saturated carbocycles. The highest BCUT2D eigenvalue weighted by Crippen LogP contribution is 1.95. The lowest BCUT2D eigenvalue weighted by Crippen LogP contribution is -2.32. The maximum absolute atomic E-state index is 10.3. The van der Waals surface area contributed by atoms with Crippen molar-refractivity contribution >= 4 is 11.9 Å². The van der Waals surface area contributed by atoms with Gasteiger partial charge in [-0.25, -0.2) is 4.98 Å². The van der Waals surface area contributed by atoms with Crippen LogP contribution < -0.4 is 17.2 Å². The molecule has 0 aliphatic carbocycles. The van der Waals surface area contributed by atoms with Crippen molar-refractivity contribution in [3.05, 3.63) is 18.2 Å². The molecule has 1 atom stereocenters. The summed E-state index contributed by atoms with van der Waals surface area (Å²) in [6.07, 6.45) is 3.63. The van der Waals surface area contributed by atoms with Crippen molar-refractivity contribution in [3.63, 3.8) is 0 Å². The molecule has 0 saturated heterocycles. The number of carboxylic acids is 1. The second-order valence-electron chi connectivity index (χ2n) is 3.23. The van der Waals surface area contributed by atoms with Crippen LogP contribution in [0.4, 0.5) is 0 Å². The fourth-order valence-electron chi connectivity index (χ4n) is 0.863. The Balaban J connectivity index is 0.000000366. The molecule has 1 unspecified atom stereocenters. The zero-order valence-electron chi connectivity index (χ0n) is 9.30. The number of nitrogens with two attached hydrogens (primary N) is 3. The van der Waals surface area contributed by atoms with E-state index < -0.39 is 12.0 Å². The van der Waals surface area contributed by atoms with E-state index in [9.17, 15) is 9.59 Å². The molecule has 0 fully saturated rings. The van der Waals surface area contributed by atoms with E-state index in [0.29, 0.717) is 13.0 Å². The smallest absolute Gasteiger partial charge is 0.320 e. The quantitative estimate of drug-likeness (QED) is 0.409. The van der Waals surface area contributed by atoms with Crippen LogP contribution in [0.2, 0.25) is 0 Å². The van der Waals surface area contributed by atoms with E-state index in [1.165, 1.54) is 6.33 Å².